The maximum atomic E-state index is 13.0. The summed E-state index contributed by atoms with van der Waals surface area (Å²) in [6, 6.07) is 17.5. The zero-order chi connectivity index (χ0) is 24.8. The van der Waals surface area contributed by atoms with Crippen LogP contribution in [-0.2, 0) is 22.6 Å². The Kier molecular flexibility index (Phi) is 7.70. The third kappa shape index (κ3) is 6.00. The largest absolute Gasteiger partial charge is 0.371 e. The van der Waals surface area contributed by atoms with Gasteiger partial charge in [-0.1, -0.05) is 48.5 Å². The third-order valence-electron chi connectivity index (χ3n) is 6.80. The number of imide groups is 1. The molecule has 186 valence electrons. The van der Waals surface area contributed by atoms with E-state index in [2.05, 4.69) is 27.8 Å². The summed E-state index contributed by atoms with van der Waals surface area (Å²) in [5, 5.41) is 3.57. The van der Waals surface area contributed by atoms with Crippen LogP contribution in [0.1, 0.15) is 43.7 Å². The molecule has 2 N–H and O–H groups in total. The normalized spacial score (nSPS) is 20.3. The number of urea groups is 1. The number of benzene rings is 2. The molecule has 2 aromatic rings. The molecule has 0 radical (unpaired) electrons. The molecule has 2 aromatic carbocycles. The predicted octanol–water partition coefficient (Wildman–Crippen LogP) is 3.08. The standard InChI is InChI=1S/C27H35N5O3/c1-27(16-15-21-11-5-3-6-12-21)25(34)32(26(35)28-27)29-24(33)20-30(2)19-22-13-7-8-14-23(22)31-17-9-4-10-18-31/h3,5-8,11-14H,4,9-10,15-20H2,1-2H3,(H,28,35)(H,29,33). The molecular weight excluding hydrogens is 442 g/mol. The smallest absolute Gasteiger partial charge is 0.344 e. The average molecular weight is 478 g/mol. The van der Waals surface area contributed by atoms with Crippen molar-refractivity contribution < 1.29 is 14.4 Å². The second-order valence-corrected chi connectivity index (χ2v) is 9.77. The van der Waals surface area contributed by atoms with E-state index in [4.69, 9.17) is 0 Å². The van der Waals surface area contributed by atoms with E-state index in [0.717, 1.165) is 29.2 Å². The van der Waals surface area contributed by atoms with Gasteiger partial charge >= 0.3 is 6.03 Å². The van der Waals surface area contributed by atoms with Gasteiger partial charge in [-0.3, -0.25) is 19.9 Å². The highest BCUT2D eigenvalue weighted by Gasteiger charge is 2.48. The highest BCUT2D eigenvalue weighted by molar-refractivity contribution is 6.07. The van der Waals surface area contributed by atoms with Crippen LogP contribution in [0.4, 0.5) is 10.5 Å². The van der Waals surface area contributed by atoms with Crippen LogP contribution in [0.15, 0.2) is 54.6 Å². The van der Waals surface area contributed by atoms with Gasteiger partial charge in [-0.05, 0) is 63.3 Å². The fraction of sp³-hybridized carbons (Fsp3) is 0.444. The van der Waals surface area contributed by atoms with Gasteiger partial charge in [-0.25, -0.2) is 4.79 Å². The summed E-state index contributed by atoms with van der Waals surface area (Å²) in [4.78, 5) is 42.5. The molecular formula is C27H35N5O3. The lowest BCUT2D eigenvalue weighted by Gasteiger charge is -2.31. The highest BCUT2D eigenvalue weighted by atomic mass is 16.2. The summed E-state index contributed by atoms with van der Waals surface area (Å²) < 4.78 is 0. The molecule has 0 bridgehead atoms. The molecule has 0 saturated carbocycles. The lowest BCUT2D eigenvalue weighted by molar-refractivity contribution is -0.139. The SMILES string of the molecule is CN(CC(=O)NN1C(=O)NC(C)(CCc2ccccc2)C1=O)Cc1ccccc1N1CCCCC1. The van der Waals surface area contributed by atoms with Gasteiger partial charge in [0.15, 0.2) is 0 Å². The van der Waals surface area contributed by atoms with Gasteiger partial charge in [0, 0.05) is 25.3 Å². The number of carbonyl (C=O) groups is 3. The van der Waals surface area contributed by atoms with Crippen LogP contribution in [0.5, 0.6) is 0 Å². The molecule has 8 nitrogen and oxygen atoms in total. The van der Waals surface area contributed by atoms with Crippen LogP contribution < -0.4 is 15.6 Å². The molecule has 2 saturated heterocycles. The summed E-state index contributed by atoms with van der Waals surface area (Å²) in [6.07, 6.45) is 4.75. The van der Waals surface area contributed by atoms with Crippen molar-refractivity contribution in [1.82, 2.24) is 20.7 Å². The molecule has 2 heterocycles. The van der Waals surface area contributed by atoms with Crippen LogP contribution in [0.3, 0.4) is 0 Å². The van der Waals surface area contributed by atoms with Crippen LogP contribution in [0.25, 0.3) is 0 Å². The van der Waals surface area contributed by atoms with E-state index in [0.29, 0.717) is 19.4 Å². The molecule has 0 aromatic heterocycles. The lowest BCUT2D eigenvalue weighted by Crippen LogP contribution is -2.51. The summed E-state index contributed by atoms with van der Waals surface area (Å²) >= 11 is 0. The third-order valence-corrected chi connectivity index (χ3v) is 6.80. The monoisotopic (exact) mass is 477 g/mol. The summed E-state index contributed by atoms with van der Waals surface area (Å²) in [5.41, 5.74) is 4.91. The van der Waals surface area contributed by atoms with Crippen molar-refractivity contribution in [3.8, 4) is 0 Å². The van der Waals surface area contributed by atoms with Crippen LogP contribution in [0, 0.1) is 0 Å². The number of hydrazine groups is 1. The van der Waals surface area contributed by atoms with E-state index >= 15 is 0 Å². The Morgan fingerprint density at radius 1 is 1.03 bits per heavy atom. The first-order valence-corrected chi connectivity index (χ1v) is 12.4. The number of hydrogen-bond acceptors (Lipinski definition) is 5. The van der Waals surface area contributed by atoms with E-state index < -0.39 is 23.4 Å². The van der Waals surface area contributed by atoms with Crippen molar-refractivity contribution in [2.24, 2.45) is 0 Å². The highest BCUT2D eigenvalue weighted by Crippen LogP contribution is 2.25. The maximum Gasteiger partial charge on any atom is 0.344 e. The molecule has 35 heavy (non-hydrogen) atoms. The van der Waals surface area contributed by atoms with Gasteiger partial charge in [0.1, 0.15) is 5.54 Å². The Hall–Kier alpha value is -3.39. The first kappa shape index (κ1) is 24.7. The molecule has 1 atom stereocenters. The van der Waals surface area contributed by atoms with E-state index in [1.807, 2.05) is 54.4 Å². The molecule has 2 aliphatic heterocycles. The van der Waals surface area contributed by atoms with Crippen LogP contribution in [0.2, 0.25) is 0 Å². The van der Waals surface area contributed by atoms with Gasteiger partial charge in [-0.2, -0.15) is 5.01 Å². The second-order valence-electron chi connectivity index (χ2n) is 9.77. The van der Waals surface area contributed by atoms with Crippen molar-refractivity contribution in [2.45, 2.75) is 51.1 Å². The second kappa shape index (κ2) is 10.9. The van der Waals surface area contributed by atoms with E-state index in [9.17, 15) is 14.4 Å². The summed E-state index contributed by atoms with van der Waals surface area (Å²) in [5.74, 6) is -0.844. The Bertz CT molecular complexity index is 1050. The number of para-hydroxylation sites is 1. The number of nitrogens with zero attached hydrogens (tertiary/aromatic N) is 3. The van der Waals surface area contributed by atoms with Crippen LogP contribution >= 0.6 is 0 Å². The van der Waals surface area contributed by atoms with Gasteiger partial charge < -0.3 is 10.2 Å². The van der Waals surface area contributed by atoms with Crippen molar-refractivity contribution >= 4 is 23.5 Å². The van der Waals surface area contributed by atoms with Crippen molar-refractivity contribution in [2.75, 3.05) is 31.6 Å². The number of nitrogens with one attached hydrogen (secondary N) is 2. The Morgan fingerprint density at radius 2 is 1.71 bits per heavy atom. The average Bonchev–Trinajstić information content (AvgIpc) is 3.07. The van der Waals surface area contributed by atoms with Crippen molar-refractivity contribution in [3.05, 3.63) is 65.7 Å². The van der Waals surface area contributed by atoms with E-state index in [-0.39, 0.29) is 6.54 Å². The number of hydrogen-bond donors (Lipinski definition) is 2. The first-order chi connectivity index (χ1) is 16.9. The molecule has 4 amide bonds. The molecule has 1 unspecified atom stereocenters. The molecule has 2 fully saturated rings. The minimum absolute atomic E-state index is 0.0616. The molecule has 0 spiro atoms. The number of rotatable bonds is 9. The predicted molar refractivity (Wildman–Crippen MR) is 136 cm³/mol. The van der Waals surface area contributed by atoms with Gasteiger partial charge in [0.2, 0.25) is 0 Å². The fourth-order valence-electron chi connectivity index (χ4n) is 4.83. The van der Waals surface area contributed by atoms with Crippen LogP contribution in [-0.4, -0.2) is 60.0 Å². The molecule has 2 aliphatic rings. The summed E-state index contributed by atoms with van der Waals surface area (Å²) in [7, 11) is 1.86. The zero-order valence-corrected chi connectivity index (χ0v) is 20.6. The first-order valence-electron chi connectivity index (χ1n) is 12.4. The zero-order valence-electron chi connectivity index (χ0n) is 20.6. The Morgan fingerprint density at radius 3 is 2.46 bits per heavy atom. The molecule has 0 aliphatic carbocycles. The lowest BCUT2D eigenvalue weighted by atomic mass is 9.93. The van der Waals surface area contributed by atoms with E-state index in [1.165, 1.54) is 24.9 Å². The number of carbonyl (C=O) groups excluding carboxylic acids is 3. The minimum atomic E-state index is -1.06. The number of amides is 4. The number of aryl methyl sites for hydroxylation is 1. The number of piperidine rings is 1. The van der Waals surface area contributed by atoms with Crippen molar-refractivity contribution in [3.63, 3.8) is 0 Å². The maximum absolute atomic E-state index is 13.0. The Balaban J connectivity index is 1.32. The van der Waals surface area contributed by atoms with Gasteiger partial charge in [0.05, 0.1) is 6.54 Å². The van der Waals surface area contributed by atoms with Gasteiger partial charge in [-0.15, -0.1) is 0 Å². The molecule has 8 heteroatoms. The summed E-state index contributed by atoms with van der Waals surface area (Å²) in [6.45, 7) is 4.46. The Labute approximate surface area is 207 Å². The fourth-order valence-corrected chi connectivity index (χ4v) is 4.83. The number of likely N-dealkylation sites (N-methyl/N-ethyl adjacent to an activating group) is 1. The number of anilines is 1. The van der Waals surface area contributed by atoms with E-state index in [1.54, 1.807) is 6.92 Å². The topological polar surface area (TPSA) is 85.0 Å². The minimum Gasteiger partial charge on any atom is -0.371 e. The van der Waals surface area contributed by atoms with Crippen molar-refractivity contribution in [1.29, 1.82) is 0 Å². The molecule has 4 rings (SSSR count). The van der Waals surface area contributed by atoms with Gasteiger partial charge in [0.25, 0.3) is 11.8 Å². The quantitative estimate of drug-likeness (QED) is 0.542.